The summed E-state index contributed by atoms with van der Waals surface area (Å²) in [6.07, 6.45) is 7.21. The Labute approximate surface area is 155 Å². The Kier molecular flexibility index (Phi) is 4.94. The zero-order valence-corrected chi connectivity index (χ0v) is 15.1. The lowest BCUT2D eigenvalue weighted by atomic mass is 10.2. The number of anilines is 2. The molecule has 1 fully saturated rings. The number of imidazole rings is 1. The SMILES string of the molecule is O=C(CN1CCN(c2nccs2)CC1)Nc1ccc(-n2ccnc2)cc1. The Bertz CT molecular complexity index is 823. The number of rotatable bonds is 5. The van der Waals surface area contributed by atoms with Gasteiger partial charge in [0, 0.05) is 61.5 Å². The molecular formula is C18H20N6OS. The second kappa shape index (κ2) is 7.67. The van der Waals surface area contributed by atoms with Crippen molar-refractivity contribution in [2.24, 2.45) is 0 Å². The van der Waals surface area contributed by atoms with E-state index < -0.39 is 0 Å². The second-order valence-electron chi connectivity index (χ2n) is 6.14. The van der Waals surface area contributed by atoms with Gasteiger partial charge in [0.25, 0.3) is 0 Å². The van der Waals surface area contributed by atoms with E-state index in [-0.39, 0.29) is 5.91 Å². The van der Waals surface area contributed by atoms with Gasteiger partial charge in [-0.05, 0) is 24.3 Å². The first-order valence-electron chi connectivity index (χ1n) is 8.53. The summed E-state index contributed by atoms with van der Waals surface area (Å²) in [5, 5.41) is 6.03. The van der Waals surface area contributed by atoms with Crippen LogP contribution in [-0.2, 0) is 4.79 Å². The van der Waals surface area contributed by atoms with E-state index in [1.54, 1.807) is 23.9 Å². The largest absolute Gasteiger partial charge is 0.346 e. The fourth-order valence-corrected chi connectivity index (χ4v) is 3.70. The summed E-state index contributed by atoms with van der Waals surface area (Å²) in [5.74, 6) is 0.0167. The summed E-state index contributed by atoms with van der Waals surface area (Å²) < 4.78 is 1.92. The molecule has 1 aliphatic rings. The first kappa shape index (κ1) is 16.7. The van der Waals surface area contributed by atoms with Gasteiger partial charge in [0.15, 0.2) is 5.13 Å². The highest BCUT2D eigenvalue weighted by Gasteiger charge is 2.20. The third kappa shape index (κ3) is 3.92. The highest BCUT2D eigenvalue weighted by atomic mass is 32.1. The molecule has 26 heavy (non-hydrogen) atoms. The summed E-state index contributed by atoms with van der Waals surface area (Å²) in [6.45, 7) is 3.95. The molecule has 0 saturated carbocycles. The van der Waals surface area contributed by atoms with Crippen LogP contribution in [0.3, 0.4) is 0 Å². The highest BCUT2D eigenvalue weighted by Crippen LogP contribution is 2.19. The summed E-state index contributed by atoms with van der Waals surface area (Å²) in [7, 11) is 0. The number of thiazole rings is 1. The van der Waals surface area contributed by atoms with Crippen molar-refractivity contribution in [2.75, 3.05) is 42.9 Å². The summed E-state index contributed by atoms with van der Waals surface area (Å²) in [4.78, 5) is 25.1. The van der Waals surface area contributed by atoms with Crippen LogP contribution in [0.5, 0.6) is 0 Å². The average Bonchev–Trinajstić information content (AvgIpc) is 3.37. The predicted octanol–water partition coefficient (Wildman–Crippen LogP) is 2.09. The predicted molar refractivity (Wildman–Crippen MR) is 103 cm³/mol. The van der Waals surface area contributed by atoms with Crippen molar-refractivity contribution >= 4 is 28.1 Å². The van der Waals surface area contributed by atoms with Crippen molar-refractivity contribution in [1.82, 2.24) is 19.4 Å². The Morgan fingerprint density at radius 2 is 1.92 bits per heavy atom. The van der Waals surface area contributed by atoms with Gasteiger partial charge in [0.05, 0.1) is 12.9 Å². The summed E-state index contributed by atoms with van der Waals surface area (Å²) >= 11 is 1.66. The molecule has 0 bridgehead atoms. The van der Waals surface area contributed by atoms with E-state index in [0.717, 1.165) is 42.7 Å². The van der Waals surface area contributed by atoms with Gasteiger partial charge in [-0.25, -0.2) is 9.97 Å². The maximum absolute atomic E-state index is 12.3. The number of nitrogens with one attached hydrogen (secondary N) is 1. The van der Waals surface area contributed by atoms with Gasteiger partial charge < -0.3 is 14.8 Å². The maximum atomic E-state index is 12.3. The Hall–Kier alpha value is -2.71. The van der Waals surface area contributed by atoms with Gasteiger partial charge in [-0.1, -0.05) is 0 Å². The molecule has 1 saturated heterocycles. The lowest BCUT2D eigenvalue weighted by Gasteiger charge is -2.34. The molecule has 0 radical (unpaired) electrons. The van der Waals surface area contributed by atoms with Crippen LogP contribution in [0.4, 0.5) is 10.8 Å². The smallest absolute Gasteiger partial charge is 0.238 e. The minimum absolute atomic E-state index is 0.0167. The molecule has 4 rings (SSSR count). The molecule has 0 aliphatic carbocycles. The molecule has 0 spiro atoms. The fraction of sp³-hybridized carbons (Fsp3) is 0.278. The quantitative estimate of drug-likeness (QED) is 0.747. The van der Waals surface area contributed by atoms with Gasteiger partial charge in [0.1, 0.15) is 0 Å². The van der Waals surface area contributed by atoms with Crippen molar-refractivity contribution in [3.63, 3.8) is 0 Å². The minimum atomic E-state index is 0.0167. The van der Waals surface area contributed by atoms with E-state index in [4.69, 9.17) is 0 Å². The van der Waals surface area contributed by atoms with Crippen LogP contribution < -0.4 is 10.2 Å². The number of benzene rings is 1. The van der Waals surface area contributed by atoms with Crippen molar-refractivity contribution in [2.45, 2.75) is 0 Å². The second-order valence-corrected chi connectivity index (χ2v) is 7.02. The molecule has 1 aliphatic heterocycles. The highest BCUT2D eigenvalue weighted by molar-refractivity contribution is 7.13. The number of piperazine rings is 1. The van der Waals surface area contributed by atoms with Crippen LogP contribution >= 0.6 is 11.3 Å². The normalized spacial score (nSPS) is 15.2. The summed E-state index contributed by atoms with van der Waals surface area (Å²) in [6, 6.07) is 7.75. The van der Waals surface area contributed by atoms with Crippen molar-refractivity contribution < 1.29 is 4.79 Å². The van der Waals surface area contributed by atoms with E-state index >= 15 is 0 Å². The number of carbonyl (C=O) groups excluding carboxylic acids is 1. The molecule has 1 N–H and O–H groups in total. The molecule has 3 heterocycles. The number of hydrogen-bond acceptors (Lipinski definition) is 6. The van der Waals surface area contributed by atoms with Crippen LogP contribution in [0.25, 0.3) is 5.69 Å². The van der Waals surface area contributed by atoms with Crippen molar-refractivity contribution in [3.05, 3.63) is 54.6 Å². The Morgan fingerprint density at radius 1 is 1.12 bits per heavy atom. The van der Waals surface area contributed by atoms with Crippen molar-refractivity contribution in [1.29, 1.82) is 0 Å². The van der Waals surface area contributed by atoms with Crippen LogP contribution in [-0.4, -0.2) is 58.1 Å². The first-order valence-corrected chi connectivity index (χ1v) is 9.41. The lowest BCUT2D eigenvalue weighted by molar-refractivity contribution is -0.117. The van der Waals surface area contributed by atoms with E-state index in [1.807, 2.05) is 46.6 Å². The summed E-state index contributed by atoms with van der Waals surface area (Å²) in [5.41, 5.74) is 1.82. The third-order valence-electron chi connectivity index (χ3n) is 4.38. The number of nitrogens with zero attached hydrogens (tertiary/aromatic N) is 5. The molecule has 1 aromatic carbocycles. The third-order valence-corrected chi connectivity index (χ3v) is 5.22. The number of hydrogen-bond donors (Lipinski definition) is 1. The van der Waals surface area contributed by atoms with Gasteiger partial charge in [-0.15, -0.1) is 11.3 Å². The van der Waals surface area contributed by atoms with Gasteiger partial charge in [-0.2, -0.15) is 0 Å². The zero-order chi connectivity index (χ0) is 17.8. The van der Waals surface area contributed by atoms with Crippen molar-refractivity contribution in [3.8, 4) is 5.69 Å². The van der Waals surface area contributed by atoms with E-state index in [9.17, 15) is 4.79 Å². The molecule has 3 aromatic rings. The lowest BCUT2D eigenvalue weighted by Crippen LogP contribution is -2.48. The van der Waals surface area contributed by atoms with E-state index in [2.05, 4.69) is 25.1 Å². The van der Waals surface area contributed by atoms with Gasteiger partial charge in [0.2, 0.25) is 5.91 Å². The molecule has 134 valence electrons. The van der Waals surface area contributed by atoms with E-state index in [1.165, 1.54) is 0 Å². The Morgan fingerprint density at radius 3 is 2.58 bits per heavy atom. The van der Waals surface area contributed by atoms with Gasteiger partial charge >= 0.3 is 0 Å². The standard InChI is InChI=1S/C18H20N6OS/c25-17(13-22-8-10-23(11-9-22)18-20-6-12-26-18)21-15-1-3-16(4-2-15)24-7-5-19-14-24/h1-7,12,14H,8-11,13H2,(H,21,25). The molecule has 0 atom stereocenters. The van der Waals surface area contributed by atoms with Crippen LogP contribution in [0.2, 0.25) is 0 Å². The van der Waals surface area contributed by atoms with E-state index in [0.29, 0.717) is 6.54 Å². The fourth-order valence-electron chi connectivity index (χ4n) is 3.00. The average molecular weight is 368 g/mol. The van der Waals surface area contributed by atoms with Crippen LogP contribution in [0.1, 0.15) is 0 Å². The monoisotopic (exact) mass is 368 g/mol. The number of aromatic nitrogens is 3. The molecule has 1 amide bonds. The number of carbonyl (C=O) groups is 1. The topological polar surface area (TPSA) is 66.3 Å². The molecule has 7 nitrogen and oxygen atoms in total. The maximum Gasteiger partial charge on any atom is 0.238 e. The minimum Gasteiger partial charge on any atom is -0.346 e. The first-order chi connectivity index (χ1) is 12.8. The zero-order valence-electron chi connectivity index (χ0n) is 14.3. The molecular weight excluding hydrogens is 348 g/mol. The molecule has 0 unspecified atom stereocenters. The van der Waals surface area contributed by atoms with Crippen LogP contribution in [0, 0.1) is 0 Å². The molecule has 8 heteroatoms. The Balaban J connectivity index is 1.26. The number of amides is 1. The van der Waals surface area contributed by atoms with Gasteiger partial charge in [-0.3, -0.25) is 9.69 Å². The molecule has 2 aromatic heterocycles. The van der Waals surface area contributed by atoms with Crippen LogP contribution in [0.15, 0.2) is 54.6 Å².